The average molecular weight is 588 g/mol. The first-order valence-electron chi connectivity index (χ1n) is 12.8. The molecule has 3 heterocycles. The third-order valence-electron chi connectivity index (χ3n) is 6.96. The van der Waals surface area contributed by atoms with E-state index >= 15 is 0 Å². The van der Waals surface area contributed by atoms with Crippen molar-refractivity contribution in [2.24, 2.45) is 0 Å². The molecule has 1 fully saturated rings. The summed E-state index contributed by atoms with van der Waals surface area (Å²) in [6, 6.07) is 28.1. The molecule has 9 heteroatoms. The molecule has 1 aliphatic heterocycles. The van der Waals surface area contributed by atoms with Crippen LogP contribution in [0.2, 0.25) is 10.0 Å². The second kappa shape index (κ2) is 11.3. The molecule has 0 bridgehead atoms. The van der Waals surface area contributed by atoms with Crippen LogP contribution in [0.5, 0.6) is 0 Å². The number of hydrogen-bond donors (Lipinski definition) is 2. The first-order valence-corrected chi connectivity index (χ1v) is 14.0. The van der Waals surface area contributed by atoms with Gasteiger partial charge in [0, 0.05) is 40.8 Å². The van der Waals surface area contributed by atoms with Gasteiger partial charge in [-0.1, -0.05) is 65.7 Å². The van der Waals surface area contributed by atoms with Crippen LogP contribution < -0.4 is 10.6 Å². The van der Waals surface area contributed by atoms with Crippen LogP contribution in [0.4, 0.5) is 5.69 Å². The Morgan fingerprint density at radius 3 is 2.65 bits per heavy atom. The highest BCUT2D eigenvalue weighted by atomic mass is 35.5. The van der Waals surface area contributed by atoms with E-state index in [2.05, 4.69) is 15.6 Å². The molecular formula is C31H24Cl2N4O2S. The number of halogens is 2. The Morgan fingerprint density at radius 1 is 1.00 bits per heavy atom. The Balaban J connectivity index is 1.26. The van der Waals surface area contributed by atoms with Gasteiger partial charge in [-0.2, -0.15) is 0 Å². The Bertz CT molecular complexity index is 1700. The van der Waals surface area contributed by atoms with Gasteiger partial charge in [0.05, 0.1) is 16.8 Å². The maximum absolute atomic E-state index is 13.1. The van der Waals surface area contributed by atoms with Crippen LogP contribution in [0.15, 0.2) is 102 Å². The smallest absolute Gasteiger partial charge is 0.226 e. The minimum Gasteiger partial charge on any atom is -0.459 e. The molecule has 0 radical (unpaired) electrons. The predicted molar refractivity (Wildman–Crippen MR) is 164 cm³/mol. The summed E-state index contributed by atoms with van der Waals surface area (Å²) in [5.74, 6) is 1.19. The Morgan fingerprint density at radius 2 is 1.82 bits per heavy atom. The van der Waals surface area contributed by atoms with E-state index in [4.69, 9.17) is 39.8 Å². The first-order chi connectivity index (χ1) is 19.5. The van der Waals surface area contributed by atoms with Gasteiger partial charge >= 0.3 is 0 Å². The van der Waals surface area contributed by atoms with Crippen molar-refractivity contribution >= 4 is 62.9 Å². The molecule has 0 saturated carbocycles. The minimum absolute atomic E-state index is 0.104. The molecular weight excluding hydrogens is 563 g/mol. The van der Waals surface area contributed by atoms with Gasteiger partial charge in [-0.3, -0.25) is 9.78 Å². The van der Waals surface area contributed by atoms with Gasteiger partial charge in [0.15, 0.2) is 5.11 Å². The lowest BCUT2D eigenvalue weighted by Gasteiger charge is -2.26. The molecule has 2 aromatic heterocycles. The van der Waals surface area contributed by atoms with E-state index in [0.29, 0.717) is 33.2 Å². The van der Waals surface area contributed by atoms with Gasteiger partial charge in [0.1, 0.15) is 17.6 Å². The van der Waals surface area contributed by atoms with Crippen molar-refractivity contribution < 1.29 is 9.21 Å². The number of hydrogen-bond acceptors (Lipinski definition) is 4. The van der Waals surface area contributed by atoms with Crippen molar-refractivity contribution in [1.29, 1.82) is 0 Å². The third kappa shape index (κ3) is 5.28. The molecule has 1 saturated heterocycles. The molecule has 1 aliphatic rings. The second-order valence-corrected chi connectivity index (χ2v) is 10.7. The van der Waals surface area contributed by atoms with E-state index in [1.54, 1.807) is 18.3 Å². The van der Waals surface area contributed by atoms with Gasteiger partial charge in [0.25, 0.3) is 0 Å². The minimum atomic E-state index is -0.326. The number of anilines is 1. The average Bonchev–Trinajstić information content (AvgIpc) is 3.57. The summed E-state index contributed by atoms with van der Waals surface area (Å²) in [4.78, 5) is 19.7. The molecule has 5 aromatic rings. The zero-order valence-electron chi connectivity index (χ0n) is 21.2. The largest absolute Gasteiger partial charge is 0.459 e. The summed E-state index contributed by atoms with van der Waals surface area (Å²) in [6.45, 7) is 0.383. The van der Waals surface area contributed by atoms with Crippen LogP contribution in [0.3, 0.4) is 0 Å². The number of rotatable bonds is 7. The van der Waals surface area contributed by atoms with E-state index in [-0.39, 0.29) is 24.4 Å². The quantitative estimate of drug-likeness (QED) is 0.189. The lowest BCUT2D eigenvalue weighted by molar-refractivity contribution is -0.116. The van der Waals surface area contributed by atoms with E-state index in [1.807, 2.05) is 83.8 Å². The number of amides is 1. The molecule has 2 N–H and O–H groups in total. The highest BCUT2D eigenvalue weighted by Gasteiger charge is 2.41. The standard InChI is InChI=1S/C31H24Cl2N4O2S/c32-20-11-12-22(23(33)18-20)26-13-14-27(39-26)30-29(25-9-3-4-16-34-25)36-31(40)37(30)17-15-28(38)35-24-10-5-7-19-6-1-2-8-21(19)24/h1-14,16,18,29-30H,15,17H2,(H,35,38)(H,36,40)/t29-,30-/m0/s1. The van der Waals surface area contributed by atoms with E-state index in [1.165, 1.54) is 0 Å². The molecule has 0 spiro atoms. The fraction of sp³-hybridized carbons (Fsp3) is 0.129. The zero-order valence-corrected chi connectivity index (χ0v) is 23.5. The van der Waals surface area contributed by atoms with Crippen LogP contribution >= 0.6 is 35.4 Å². The lowest BCUT2D eigenvalue weighted by atomic mass is 10.0. The Labute approximate surface area is 246 Å². The summed E-state index contributed by atoms with van der Waals surface area (Å²) in [7, 11) is 0. The van der Waals surface area contributed by atoms with Gasteiger partial charge in [-0.25, -0.2) is 0 Å². The van der Waals surface area contributed by atoms with Crippen LogP contribution in [0.25, 0.3) is 22.1 Å². The van der Waals surface area contributed by atoms with Crippen molar-refractivity contribution in [1.82, 2.24) is 15.2 Å². The number of fused-ring (bicyclic) bond motifs is 1. The molecule has 40 heavy (non-hydrogen) atoms. The van der Waals surface area contributed by atoms with Gasteiger partial charge in [-0.15, -0.1) is 0 Å². The topological polar surface area (TPSA) is 70.4 Å². The van der Waals surface area contributed by atoms with E-state index < -0.39 is 0 Å². The molecule has 1 amide bonds. The van der Waals surface area contributed by atoms with Crippen LogP contribution in [-0.2, 0) is 4.79 Å². The monoisotopic (exact) mass is 586 g/mol. The van der Waals surface area contributed by atoms with Gasteiger partial charge in [0.2, 0.25) is 5.91 Å². The third-order valence-corrected chi connectivity index (χ3v) is 7.86. The number of nitrogens with one attached hydrogen (secondary N) is 2. The Kier molecular flexibility index (Phi) is 7.43. The van der Waals surface area contributed by atoms with Crippen LogP contribution in [-0.4, -0.2) is 27.4 Å². The molecule has 0 unspecified atom stereocenters. The number of pyridine rings is 1. The van der Waals surface area contributed by atoms with Crippen molar-refractivity contribution in [3.63, 3.8) is 0 Å². The normalized spacial score (nSPS) is 16.8. The number of benzene rings is 3. The molecule has 6 nitrogen and oxygen atoms in total. The predicted octanol–water partition coefficient (Wildman–Crippen LogP) is 7.80. The Hall–Kier alpha value is -3.91. The first kappa shape index (κ1) is 26.3. The number of carbonyl (C=O) groups is 1. The zero-order chi connectivity index (χ0) is 27.6. The fourth-order valence-corrected chi connectivity index (χ4v) is 5.90. The van der Waals surface area contributed by atoms with Crippen LogP contribution in [0.1, 0.15) is 30.0 Å². The second-order valence-electron chi connectivity index (χ2n) is 9.47. The SMILES string of the molecule is O=C(CCN1C(=S)N[C@@H](c2ccccn2)[C@@H]1c1ccc(-c2ccc(Cl)cc2Cl)o1)Nc1cccc2ccccc12. The van der Waals surface area contributed by atoms with Gasteiger partial charge < -0.3 is 20.0 Å². The van der Waals surface area contributed by atoms with E-state index in [9.17, 15) is 4.79 Å². The number of thiocarbonyl (C=S) groups is 1. The van der Waals surface area contributed by atoms with Crippen molar-refractivity contribution in [2.45, 2.75) is 18.5 Å². The lowest BCUT2D eigenvalue weighted by Crippen LogP contribution is -2.32. The van der Waals surface area contributed by atoms with E-state index in [0.717, 1.165) is 27.7 Å². The van der Waals surface area contributed by atoms with Crippen molar-refractivity contribution in [2.75, 3.05) is 11.9 Å². The van der Waals surface area contributed by atoms with Crippen molar-refractivity contribution in [3.8, 4) is 11.3 Å². The summed E-state index contributed by atoms with van der Waals surface area (Å²) in [5, 5.41) is 10.1. The molecule has 3 aromatic carbocycles. The summed E-state index contributed by atoms with van der Waals surface area (Å²) < 4.78 is 6.36. The summed E-state index contributed by atoms with van der Waals surface area (Å²) in [5.41, 5.74) is 2.34. The summed E-state index contributed by atoms with van der Waals surface area (Å²) in [6.07, 6.45) is 1.98. The highest BCUT2D eigenvalue weighted by Crippen LogP contribution is 2.41. The number of furan rings is 1. The number of aromatic nitrogens is 1. The maximum atomic E-state index is 13.1. The van der Waals surface area contributed by atoms with Crippen LogP contribution in [0, 0.1) is 0 Å². The van der Waals surface area contributed by atoms with Crippen molar-refractivity contribution in [3.05, 3.63) is 119 Å². The molecule has 0 aliphatic carbocycles. The molecule has 2 atom stereocenters. The highest BCUT2D eigenvalue weighted by molar-refractivity contribution is 7.80. The van der Waals surface area contributed by atoms with Gasteiger partial charge in [-0.05, 0) is 66.1 Å². The molecule has 6 rings (SSSR count). The number of carbonyl (C=O) groups excluding carboxylic acids is 1. The fourth-order valence-electron chi connectivity index (χ4n) is 5.07. The molecule has 200 valence electrons. The maximum Gasteiger partial charge on any atom is 0.226 e. The summed E-state index contributed by atoms with van der Waals surface area (Å²) >= 11 is 18.3. The number of nitrogens with zero attached hydrogens (tertiary/aromatic N) is 2.